The van der Waals surface area contributed by atoms with Gasteiger partial charge < -0.3 is 0 Å². The average molecular weight is 143 g/mol. The van der Waals surface area contributed by atoms with Crippen LogP contribution in [0.3, 0.4) is 0 Å². The second kappa shape index (κ2) is 4.18. The van der Waals surface area contributed by atoms with Gasteiger partial charge in [-0.15, -0.1) is 5.73 Å². The Kier molecular flexibility index (Phi) is 3.44. The lowest BCUT2D eigenvalue weighted by Crippen LogP contribution is -2.11. The summed E-state index contributed by atoms with van der Waals surface area (Å²) in [5.41, 5.74) is 8.61. The number of hydrogen-bond donors (Lipinski definition) is 0. The zero-order valence-corrected chi connectivity index (χ0v) is 6.49. The molecule has 0 bridgehead atoms. The molecule has 2 radical (unpaired) electrons. The van der Waals surface area contributed by atoms with Crippen molar-refractivity contribution in [2.24, 2.45) is 5.92 Å². The Bertz CT molecular complexity index is 66.6. The molecular formula is C7H13NS. The van der Waals surface area contributed by atoms with Crippen LogP contribution in [0, 0.1) is 5.92 Å². The van der Waals surface area contributed by atoms with Gasteiger partial charge in [-0.25, -0.2) is 0 Å². The molecule has 2 heteroatoms. The van der Waals surface area contributed by atoms with Gasteiger partial charge in [-0.3, -0.25) is 0 Å². The minimum absolute atomic E-state index is 0.384. The predicted molar refractivity (Wildman–Crippen MR) is 41.7 cm³/mol. The normalized spacial score (nSPS) is 22.3. The van der Waals surface area contributed by atoms with Gasteiger partial charge in [0, 0.05) is 6.54 Å². The molecule has 0 spiro atoms. The molecule has 52 valence electrons. The van der Waals surface area contributed by atoms with Crippen molar-refractivity contribution in [2.75, 3.05) is 18.1 Å². The Morgan fingerprint density at radius 1 is 1.33 bits per heavy atom. The van der Waals surface area contributed by atoms with E-state index in [1.165, 1.54) is 24.3 Å². The van der Waals surface area contributed by atoms with Crippen molar-refractivity contribution in [2.45, 2.75) is 19.3 Å². The minimum atomic E-state index is 0.384. The molecule has 0 aromatic heterocycles. The maximum Gasteiger partial charge on any atom is 0.0324 e. The summed E-state index contributed by atoms with van der Waals surface area (Å²) < 4.78 is 0. The molecule has 0 aromatic rings. The van der Waals surface area contributed by atoms with Crippen LogP contribution in [0.1, 0.15) is 19.3 Å². The maximum atomic E-state index is 8.61. The van der Waals surface area contributed by atoms with Crippen LogP contribution >= 0.6 is 11.8 Å². The van der Waals surface area contributed by atoms with Crippen LogP contribution in [0.25, 0.3) is 0 Å². The minimum Gasteiger partial charge on any atom is -0.162 e. The second-order valence-electron chi connectivity index (χ2n) is 2.57. The smallest absolute Gasteiger partial charge is 0.0324 e. The van der Waals surface area contributed by atoms with E-state index in [9.17, 15) is 0 Å². The van der Waals surface area contributed by atoms with Gasteiger partial charge in [0.25, 0.3) is 0 Å². The molecule has 1 saturated heterocycles. The zero-order valence-electron chi connectivity index (χ0n) is 5.68. The molecule has 9 heavy (non-hydrogen) atoms. The van der Waals surface area contributed by atoms with Crippen molar-refractivity contribution in [3.05, 3.63) is 0 Å². The van der Waals surface area contributed by atoms with Gasteiger partial charge in [0.1, 0.15) is 0 Å². The fourth-order valence-electron chi connectivity index (χ4n) is 1.22. The van der Waals surface area contributed by atoms with Gasteiger partial charge in [-0.05, 0) is 36.7 Å². The first kappa shape index (κ1) is 7.42. The molecule has 0 aliphatic carbocycles. The molecule has 1 aliphatic rings. The third kappa shape index (κ3) is 2.59. The highest BCUT2D eigenvalue weighted by molar-refractivity contribution is 7.99. The topological polar surface area (TPSA) is 22.3 Å². The quantitative estimate of drug-likeness (QED) is 0.575. The summed E-state index contributed by atoms with van der Waals surface area (Å²) in [5.74, 6) is 3.45. The summed E-state index contributed by atoms with van der Waals surface area (Å²) in [5, 5.41) is 0. The fourth-order valence-corrected chi connectivity index (χ4v) is 2.42. The first-order valence-corrected chi connectivity index (χ1v) is 4.77. The van der Waals surface area contributed by atoms with Gasteiger partial charge in [0.05, 0.1) is 0 Å². The summed E-state index contributed by atoms with van der Waals surface area (Å²) in [7, 11) is 0. The van der Waals surface area contributed by atoms with Crippen LogP contribution < -0.4 is 5.73 Å². The first-order chi connectivity index (χ1) is 4.43. The Morgan fingerprint density at radius 3 is 2.56 bits per heavy atom. The van der Waals surface area contributed by atoms with E-state index in [0.29, 0.717) is 6.54 Å². The molecule has 0 saturated carbocycles. The van der Waals surface area contributed by atoms with Crippen molar-refractivity contribution in [1.82, 2.24) is 5.73 Å². The predicted octanol–water partition coefficient (Wildman–Crippen LogP) is 1.59. The van der Waals surface area contributed by atoms with Gasteiger partial charge >= 0.3 is 0 Å². The van der Waals surface area contributed by atoms with Gasteiger partial charge in [0.2, 0.25) is 0 Å². The second-order valence-corrected chi connectivity index (χ2v) is 3.79. The largest absolute Gasteiger partial charge is 0.162 e. The number of nitrogens with zero attached hydrogens (tertiary/aromatic N) is 1. The van der Waals surface area contributed by atoms with Gasteiger partial charge in [-0.1, -0.05) is 0 Å². The molecule has 1 heterocycles. The lowest BCUT2D eigenvalue weighted by Gasteiger charge is -2.19. The number of hydrogen-bond acceptors (Lipinski definition) is 1. The van der Waals surface area contributed by atoms with Crippen LogP contribution in [0.5, 0.6) is 0 Å². The lowest BCUT2D eigenvalue weighted by atomic mass is 9.99. The molecule has 1 fully saturated rings. The molecule has 1 rings (SSSR count). The van der Waals surface area contributed by atoms with Gasteiger partial charge in [-0.2, -0.15) is 11.8 Å². The van der Waals surface area contributed by atoms with Crippen molar-refractivity contribution < 1.29 is 0 Å². The van der Waals surface area contributed by atoms with E-state index >= 15 is 0 Å². The Morgan fingerprint density at radius 2 is 2.00 bits per heavy atom. The van der Waals surface area contributed by atoms with Crippen molar-refractivity contribution in [1.29, 1.82) is 0 Å². The van der Waals surface area contributed by atoms with E-state index in [1.54, 1.807) is 0 Å². The molecule has 0 aromatic carbocycles. The summed E-state index contributed by atoms with van der Waals surface area (Å²) >= 11 is 2.04. The SMILES string of the molecule is [N]CCC1CCSCC1. The summed E-state index contributed by atoms with van der Waals surface area (Å²) in [6.07, 6.45) is 3.68. The maximum absolute atomic E-state index is 8.61. The first-order valence-electron chi connectivity index (χ1n) is 3.62. The summed E-state index contributed by atoms with van der Waals surface area (Å²) in [6, 6.07) is 0. The van der Waals surface area contributed by atoms with E-state index < -0.39 is 0 Å². The van der Waals surface area contributed by atoms with Gasteiger partial charge in [0.15, 0.2) is 0 Å². The fraction of sp³-hybridized carbons (Fsp3) is 1.00. The van der Waals surface area contributed by atoms with Crippen LogP contribution in [0.15, 0.2) is 0 Å². The molecule has 0 amide bonds. The van der Waals surface area contributed by atoms with E-state index in [0.717, 1.165) is 12.3 Å². The zero-order chi connectivity index (χ0) is 6.53. The third-order valence-electron chi connectivity index (χ3n) is 1.88. The van der Waals surface area contributed by atoms with Crippen LogP contribution in [0.2, 0.25) is 0 Å². The van der Waals surface area contributed by atoms with E-state index in [2.05, 4.69) is 0 Å². The highest BCUT2D eigenvalue weighted by Crippen LogP contribution is 2.24. The van der Waals surface area contributed by atoms with Crippen molar-refractivity contribution in [3.63, 3.8) is 0 Å². The highest BCUT2D eigenvalue weighted by atomic mass is 32.2. The lowest BCUT2D eigenvalue weighted by molar-refractivity contribution is 0.458. The molecular weight excluding hydrogens is 130 g/mol. The standard InChI is InChI=1S/C7H13NS/c8-4-1-7-2-5-9-6-3-7/h7H,1-6H2. The van der Waals surface area contributed by atoms with Crippen LogP contribution in [-0.4, -0.2) is 18.1 Å². The van der Waals surface area contributed by atoms with Crippen LogP contribution in [0.4, 0.5) is 0 Å². The highest BCUT2D eigenvalue weighted by Gasteiger charge is 2.11. The third-order valence-corrected chi connectivity index (χ3v) is 2.93. The summed E-state index contributed by atoms with van der Waals surface area (Å²) in [4.78, 5) is 0. The Balaban J connectivity index is 2.08. The van der Waals surface area contributed by atoms with Crippen molar-refractivity contribution in [3.8, 4) is 0 Å². The molecule has 0 unspecified atom stereocenters. The number of rotatable bonds is 2. The molecule has 0 atom stereocenters. The number of thioether (sulfide) groups is 1. The average Bonchev–Trinajstić information content (AvgIpc) is 1.91. The summed E-state index contributed by atoms with van der Waals surface area (Å²) in [6.45, 7) is 0.384. The Hall–Kier alpha value is 0.310. The van der Waals surface area contributed by atoms with Crippen molar-refractivity contribution >= 4 is 11.8 Å². The van der Waals surface area contributed by atoms with E-state index in [-0.39, 0.29) is 0 Å². The monoisotopic (exact) mass is 143 g/mol. The molecule has 1 nitrogen and oxygen atoms in total. The molecule has 1 aliphatic heterocycles. The van der Waals surface area contributed by atoms with E-state index in [1.807, 2.05) is 11.8 Å². The molecule has 0 N–H and O–H groups in total. The Labute approximate surface area is 61.4 Å². The van der Waals surface area contributed by atoms with Crippen LogP contribution in [-0.2, 0) is 0 Å². The van der Waals surface area contributed by atoms with E-state index in [4.69, 9.17) is 5.73 Å².